The third-order valence-electron chi connectivity index (χ3n) is 3.85. The Morgan fingerprint density at radius 3 is 2.42 bits per heavy atom. The maximum atomic E-state index is 12.7. The minimum atomic E-state index is 0.196. The van der Waals surface area contributed by atoms with Crippen molar-refractivity contribution in [2.45, 2.75) is 39.5 Å². The molecule has 2 heterocycles. The lowest BCUT2D eigenvalue weighted by Gasteiger charge is -2.03. The number of allylic oxidation sites excluding steroid dienone is 2. The van der Waals surface area contributed by atoms with Crippen molar-refractivity contribution < 1.29 is 4.79 Å². The van der Waals surface area contributed by atoms with Crippen LogP contribution in [0.5, 0.6) is 0 Å². The Morgan fingerprint density at radius 1 is 1.00 bits per heavy atom. The third-order valence-corrected chi connectivity index (χ3v) is 3.85. The number of para-hydroxylation sites is 1. The van der Waals surface area contributed by atoms with Crippen molar-refractivity contribution >= 4 is 22.4 Å². The predicted octanol–water partition coefficient (Wildman–Crippen LogP) is 4.65. The summed E-state index contributed by atoms with van der Waals surface area (Å²) in [6.07, 6.45) is 4.00. The molecule has 3 rings (SSSR count). The average molecular weight is 253 g/mol. The van der Waals surface area contributed by atoms with E-state index in [4.69, 9.17) is 0 Å². The Kier molecular flexibility index (Phi) is 3.02. The highest BCUT2D eigenvalue weighted by atomic mass is 16.2. The molecule has 1 aromatic carbocycles. The van der Waals surface area contributed by atoms with Crippen LogP contribution in [0.1, 0.15) is 50.0 Å². The van der Waals surface area contributed by atoms with Gasteiger partial charge in [0.1, 0.15) is 0 Å². The van der Waals surface area contributed by atoms with Gasteiger partial charge in [-0.1, -0.05) is 44.9 Å². The summed E-state index contributed by atoms with van der Waals surface area (Å²) in [6.45, 7) is 4.31. The molecule has 0 saturated carbocycles. The highest BCUT2D eigenvalue weighted by molar-refractivity contribution is 6.13. The van der Waals surface area contributed by atoms with Crippen LogP contribution in [0.15, 0.2) is 35.9 Å². The summed E-state index contributed by atoms with van der Waals surface area (Å²) in [4.78, 5) is 12.7. The smallest absolute Gasteiger partial charge is 0.259 e. The van der Waals surface area contributed by atoms with Crippen LogP contribution in [-0.2, 0) is 0 Å². The maximum absolute atomic E-state index is 12.7. The Labute approximate surface area is 113 Å². The topological polar surface area (TPSA) is 22.0 Å². The van der Waals surface area contributed by atoms with Crippen molar-refractivity contribution in [2.75, 3.05) is 0 Å². The lowest BCUT2D eigenvalue weighted by Crippen LogP contribution is -2.08. The molecule has 0 spiro atoms. The van der Waals surface area contributed by atoms with Gasteiger partial charge < -0.3 is 0 Å². The zero-order valence-electron chi connectivity index (χ0n) is 11.6. The molecule has 1 aliphatic rings. The lowest BCUT2D eigenvalue weighted by atomic mass is 9.99. The fraction of sp³-hybridized carbons (Fsp3) is 0.353. The van der Waals surface area contributed by atoms with Crippen LogP contribution in [0.2, 0.25) is 0 Å². The molecule has 2 aromatic rings. The van der Waals surface area contributed by atoms with Gasteiger partial charge in [0, 0.05) is 11.0 Å². The van der Waals surface area contributed by atoms with Crippen LogP contribution < -0.4 is 0 Å². The maximum Gasteiger partial charge on any atom is 0.259 e. The summed E-state index contributed by atoms with van der Waals surface area (Å²) >= 11 is 0. The molecule has 0 amide bonds. The number of carbonyl (C=O) groups is 1. The van der Waals surface area contributed by atoms with Gasteiger partial charge in [0.15, 0.2) is 0 Å². The van der Waals surface area contributed by atoms with Crippen LogP contribution in [-0.4, -0.2) is 10.5 Å². The Hall–Kier alpha value is -1.83. The van der Waals surface area contributed by atoms with Crippen molar-refractivity contribution in [3.63, 3.8) is 0 Å². The van der Waals surface area contributed by atoms with Gasteiger partial charge in [-0.05, 0) is 30.5 Å². The molecule has 0 radical (unpaired) electrons. The van der Waals surface area contributed by atoms with Gasteiger partial charge >= 0.3 is 0 Å². The van der Waals surface area contributed by atoms with Crippen molar-refractivity contribution in [1.29, 1.82) is 0 Å². The second-order valence-corrected chi connectivity index (χ2v) is 5.19. The molecule has 0 bridgehead atoms. The van der Waals surface area contributed by atoms with E-state index in [9.17, 15) is 4.79 Å². The van der Waals surface area contributed by atoms with E-state index >= 15 is 0 Å². The van der Waals surface area contributed by atoms with E-state index < -0.39 is 0 Å². The Morgan fingerprint density at radius 2 is 1.68 bits per heavy atom. The Balaban J connectivity index is 2.22. The van der Waals surface area contributed by atoms with Crippen molar-refractivity contribution in [3.05, 3.63) is 41.6 Å². The summed E-state index contributed by atoms with van der Waals surface area (Å²) in [5.41, 5.74) is 4.47. The molecule has 0 unspecified atom stereocenters. The average Bonchev–Trinajstić information content (AvgIpc) is 2.90. The molecule has 19 heavy (non-hydrogen) atoms. The van der Waals surface area contributed by atoms with E-state index in [1.807, 2.05) is 22.8 Å². The van der Waals surface area contributed by atoms with Crippen LogP contribution in [0, 0.1) is 0 Å². The van der Waals surface area contributed by atoms with Gasteiger partial charge in [0.05, 0.1) is 11.2 Å². The van der Waals surface area contributed by atoms with Crippen LogP contribution in [0.3, 0.4) is 0 Å². The number of carbonyl (C=O) groups excluding carboxylic acids is 1. The summed E-state index contributed by atoms with van der Waals surface area (Å²) in [7, 11) is 0. The molecule has 1 aliphatic heterocycles. The van der Waals surface area contributed by atoms with E-state index in [1.54, 1.807) is 0 Å². The van der Waals surface area contributed by atoms with Gasteiger partial charge in [-0.3, -0.25) is 9.36 Å². The second-order valence-electron chi connectivity index (χ2n) is 5.19. The number of aromatic nitrogens is 1. The standard InChI is InChI=1S/C17H19NO/c1-3-7-13-14(8-4-2)17(19)18-15-10-6-5-9-12(15)11-16(13)18/h5-6,9-11H,3-4,7-8H2,1-2H3. The van der Waals surface area contributed by atoms with Crippen molar-refractivity contribution in [3.8, 4) is 0 Å². The molecule has 0 aliphatic carbocycles. The second kappa shape index (κ2) is 4.69. The number of fused-ring (bicyclic) bond motifs is 3. The first-order valence-corrected chi connectivity index (χ1v) is 7.15. The van der Waals surface area contributed by atoms with E-state index in [1.165, 1.54) is 5.57 Å². The van der Waals surface area contributed by atoms with Gasteiger partial charge in [-0.25, -0.2) is 0 Å². The van der Waals surface area contributed by atoms with Gasteiger partial charge in [-0.2, -0.15) is 0 Å². The third kappa shape index (κ3) is 1.74. The number of nitrogens with zero attached hydrogens (tertiary/aromatic N) is 1. The molecule has 0 saturated heterocycles. The SMILES string of the molecule is CCCC1=C(CCC)c2cc3ccccc3n2C1=O. The number of rotatable bonds is 4. The molecule has 0 N–H and O–H groups in total. The zero-order chi connectivity index (χ0) is 13.4. The van der Waals surface area contributed by atoms with Crippen LogP contribution in [0.4, 0.5) is 0 Å². The quantitative estimate of drug-likeness (QED) is 0.777. The number of hydrogen-bond acceptors (Lipinski definition) is 1. The number of hydrogen-bond donors (Lipinski definition) is 0. The first-order valence-electron chi connectivity index (χ1n) is 7.15. The summed E-state index contributed by atoms with van der Waals surface area (Å²) in [5.74, 6) is 0.196. The van der Waals surface area contributed by atoms with Gasteiger partial charge in [-0.15, -0.1) is 0 Å². The van der Waals surface area contributed by atoms with Crippen molar-refractivity contribution in [2.24, 2.45) is 0 Å². The molecule has 0 fully saturated rings. The largest absolute Gasteiger partial charge is 0.276 e. The minimum absolute atomic E-state index is 0.196. The predicted molar refractivity (Wildman–Crippen MR) is 79.3 cm³/mol. The summed E-state index contributed by atoms with van der Waals surface area (Å²) in [5, 5.41) is 1.16. The summed E-state index contributed by atoms with van der Waals surface area (Å²) < 4.78 is 1.91. The minimum Gasteiger partial charge on any atom is -0.276 e. The van der Waals surface area contributed by atoms with Crippen LogP contribution in [0.25, 0.3) is 16.5 Å². The van der Waals surface area contributed by atoms with Gasteiger partial charge in [0.25, 0.3) is 5.91 Å². The van der Waals surface area contributed by atoms with E-state index in [-0.39, 0.29) is 5.91 Å². The van der Waals surface area contributed by atoms with E-state index in [2.05, 4.69) is 26.0 Å². The lowest BCUT2D eigenvalue weighted by molar-refractivity contribution is 0.0962. The first-order chi connectivity index (χ1) is 9.27. The zero-order valence-corrected chi connectivity index (χ0v) is 11.6. The van der Waals surface area contributed by atoms with Gasteiger partial charge in [0.2, 0.25) is 0 Å². The summed E-state index contributed by atoms with van der Waals surface area (Å²) in [6, 6.07) is 10.3. The fourth-order valence-corrected chi connectivity index (χ4v) is 3.05. The number of benzene rings is 1. The van der Waals surface area contributed by atoms with E-state index in [0.717, 1.165) is 47.9 Å². The molecule has 0 atom stereocenters. The normalized spacial score (nSPS) is 14.5. The molecule has 2 heteroatoms. The van der Waals surface area contributed by atoms with Crippen LogP contribution >= 0.6 is 0 Å². The molecule has 98 valence electrons. The monoisotopic (exact) mass is 253 g/mol. The first kappa shape index (κ1) is 12.2. The van der Waals surface area contributed by atoms with E-state index in [0.29, 0.717) is 0 Å². The molecular formula is C17H19NO. The van der Waals surface area contributed by atoms with Crippen molar-refractivity contribution in [1.82, 2.24) is 4.57 Å². The molecular weight excluding hydrogens is 234 g/mol. The highest BCUT2D eigenvalue weighted by Crippen LogP contribution is 2.37. The molecule has 1 aromatic heterocycles. The highest BCUT2D eigenvalue weighted by Gasteiger charge is 2.29. The molecule has 2 nitrogen and oxygen atoms in total. The fourth-order valence-electron chi connectivity index (χ4n) is 3.05. The Bertz CT molecular complexity index is 676.